The van der Waals surface area contributed by atoms with Gasteiger partial charge in [0.25, 0.3) is 11.8 Å². The van der Waals surface area contributed by atoms with E-state index in [9.17, 15) is 9.59 Å². The Hall–Kier alpha value is -3.01. The second-order valence-corrected chi connectivity index (χ2v) is 10.2. The Morgan fingerprint density at radius 1 is 1.21 bits per heavy atom. The smallest absolute Gasteiger partial charge is 0.264 e. The summed E-state index contributed by atoms with van der Waals surface area (Å²) in [5, 5.41) is 3.62. The number of thiophene rings is 2. The van der Waals surface area contributed by atoms with Crippen LogP contribution in [-0.2, 0) is 4.74 Å². The number of fused-ring (bicyclic) bond motifs is 2. The Morgan fingerprint density at radius 3 is 2.82 bits per heavy atom. The monoisotopic (exact) mass is 481 g/mol. The number of aryl methyl sites for hydroxylation is 1. The van der Waals surface area contributed by atoms with E-state index in [1.165, 1.54) is 11.3 Å². The molecule has 0 aliphatic carbocycles. The molecular formula is C24H23N3O4S2. The predicted octanol–water partition coefficient (Wildman–Crippen LogP) is 4.83. The molecule has 3 aromatic heterocycles. The number of carbonyl (C=O) groups is 2. The van der Waals surface area contributed by atoms with Gasteiger partial charge in [0.05, 0.1) is 26.8 Å². The molecule has 0 unspecified atom stereocenters. The van der Waals surface area contributed by atoms with Crippen molar-refractivity contribution >= 4 is 54.8 Å². The van der Waals surface area contributed by atoms with Gasteiger partial charge in [-0.3, -0.25) is 14.6 Å². The summed E-state index contributed by atoms with van der Waals surface area (Å²) in [5.41, 5.74) is 1.44. The Balaban J connectivity index is 1.44. The van der Waals surface area contributed by atoms with Gasteiger partial charge in [0.15, 0.2) is 0 Å². The van der Waals surface area contributed by atoms with Crippen molar-refractivity contribution in [1.82, 2.24) is 15.2 Å². The molecule has 1 aliphatic heterocycles. The van der Waals surface area contributed by atoms with Crippen LogP contribution in [0.25, 0.3) is 20.3 Å². The van der Waals surface area contributed by atoms with Crippen LogP contribution in [0.15, 0.2) is 36.5 Å². The number of hydrogen-bond acceptors (Lipinski definition) is 7. The van der Waals surface area contributed by atoms with Gasteiger partial charge in [-0.15, -0.1) is 22.7 Å². The lowest BCUT2D eigenvalue weighted by atomic mass is 10.1. The minimum absolute atomic E-state index is 0.000658. The predicted molar refractivity (Wildman–Crippen MR) is 131 cm³/mol. The van der Waals surface area contributed by atoms with Crippen LogP contribution in [0, 0.1) is 6.92 Å². The number of nitrogens with one attached hydrogen (secondary N) is 1. The summed E-state index contributed by atoms with van der Waals surface area (Å²) in [7, 11) is 3.32. The van der Waals surface area contributed by atoms with Gasteiger partial charge in [0.2, 0.25) is 0 Å². The van der Waals surface area contributed by atoms with E-state index in [1.54, 1.807) is 31.7 Å². The molecular weight excluding hydrogens is 458 g/mol. The van der Waals surface area contributed by atoms with Crippen molar-refractivity contribution in [3.05, 3.63) is 51.8 Å². The number of nitrogens with zero attached hydrogens (tertiary/aromatic N) is 2. The molecule has 1 aromatic carbocycles. The maximum atomic E-state index is 13.0. The maximum absolute atomic E-state index is 13.0. The van der Waals surface area contributed by atoms with Gasteiger partial charge in [-0.25, -0.2) is 0 Å². The summed E-state index contributed by atoms with van der Waals surface area (Å²) >= 11 is 2.96. The zero-order chi connectivity index (χ0) is 23.1. The van der Waals surface area contributed by atoms with Crippen LogP contribution in [-0.4, -0.2) is 55.0 Å². The minimum Gasteiger partial charge on any atom is -0.456 e. The number of benzene rings is 1. The third kappa shape index (κ3) is 3.96. The standard InChI is InChI=1S/C24H23N3O4S2/c1-13-21(23(28)25-2)16-5-4-14(10-19(16)32-13)31-18-6-8-26-17-11-20(33-22(17)18)24(29)27-9-7-15(12-27)30-3/h4-6,8,10-11,15H,7,9,12H2,1-3H3,(H,25,28)/t15-/m1/s1. The number of carbonyl (C=O) groups excluding carboxylic acids is 2. The highest BCUT2D eigenvalue weighted by atomic mass is 32.1. The Kier molecular flexibility index (Phi) is 5.77. The molecule has 1 N–H and O–H groups in total. The van der Waals surface area contributed by atoms with Crippen molar-refractivity contribution in [2.24, 2.45) is 0 Å². The van der Waals surface area contributed by atoms with Gasteiger partial charge >= 0.3 is 0 Å². The molecule has 1 aliphatic rings. The fourth-order valence-corrected chi connectivity index (χ4v) is 6.28. The van der Waals surface area contributed by atoms with E-state index in [0.29, 0.717) is 35.0 Å². The number of rotatable bonds is 5. The fourth-order valence-electron chi connectivity index (χ4n) is 4.16. The van der Waals surface area contributed by atoms with Crippen LogP contribution in [0.2, 0.25) is 0 Å². The number of likely N-dealkylation sites (tertiary alicyclic amines) is 1. The molecule has 4 heterocycles. The lowest BCUT2D eigenvalue weighted by Crippen LogP contribution is -2.29. The number of ether oxygens (including phenoxy) is 2. The van der Waals surface area contributed by atoms with E-state index < -0.39 is 0 Å². The topological polar surface area (TPSA) is 80.8 Å². The highest BCUT2D eigenvalue weighted by Crippen LogP contribution is 2.38. The van der Waals surface area contributed by atoms with Gasteiger partial charge in [-0.2, -0.15) is 0 Å². The average Bonchev–Trinajstić information content (AvgIpc) is 3.54. The average molecular weight is 482 g/mol. The fraction of sp³-hybridized carbons (Fsp3) is 0.292. The summed E-state index contributed by atoms with van der Waals surface area (Å²) in [5.74, 6) is 1.23. The van der Waals surface area contributed by atoms with Crippen molar-refractivity contribution in [1.29, 1.82) is 0 Å². The van der Waals surface area contributed by atoms with E-state index in [1.807, 2.05) is 42.2 Å². The number of amides is 2. The van der Waals surface area contributed by atoms with E-state index in [0.717, 1.165) is 31.6 Å². The largest absolute Gasteiger partial charge is 0.456 e. The molecule has 0 spiro atoms. The normalized spacial score (nSPS) is 16.0. The zero-order valence-electron chi connectivity index (χ0n) is 18.5. The number of hydrogen-bond donors (Lipinski definition) is 1. The molecule has 7 nitrogen and oxygen atoms in total. The number of aromatic nitrogens is 1. The molecule has 0 bridgehead atoms. The SMILES string of the molecule is CNC(=O)c1c(C)sc2cc(Oc3ccnc4cc(C(=O)N5CC[C@@H](OC)C5)sc34)ccc12. The molecule has 1 atom stereocenters. The first-order valence-corrected chi connectivity index (χ1v) is 12.3. The molecule has 0 saturated carbocycles. The molecule has 5 rings (SSSR count). The first-order chi connectivity index (χ1) is 16.0. The summed E-state index contributed by atoms with van der Waals surface area (Å²) in [6, 6.07) is 9.36. The number of methoxy groups -OCH3 is 1. The minimum atomic E-state index is -0.0890. The van der Waals surface area contributed by atoms with Crippen molar-refractivity contribution in [3.63, 3.8) is 0 Å². The maximum Gasteiger partial charge on any atom is 0.264 e. The Labute approximate surface area is 198 Å². The summed E-state index contributed by atoms with van der Waals surface area (Å²) in [6.45, 7) is 3.25. The highest BCUT2D eigenvalue weighted by Gasteiger charge is 2.28. The Bertz CT molecular complexity index is 1380. The van der Waals surface area contributed by atoms with Gasteiger partial charge in [-0.05, 0) is 37.6 Å². The number of pyridine rings is 1. The molecule has 4 aromatic rings. The molecule has 0 radical (unpaired) electrons. The van der Waals surface area contributed by atoms with Crippen LogP contribution < -0.4 is 10.1 Å². The third-order valence-corrected chi connectivity index (χ3v) is 8.07. The second-order valence-electron chi connectivity index (χ2n) is 7.90. The highest BCUT2D eigenvalue weighted by molar-refractivity contribution is 7.21. The van der Waals surface area contributed by atoms with Crippen LogP contribution in [0.5, 0.6) is 11.5 Å². The van der Waals surface area contributed by atoms with Crippen molar-refractivity contribution < 1.29 is 19.1 Å². The Morgan fingerprint density at radius 2 is 2.06 bits per heavy atom. The summed E-state index contributed by atoms with van der Waals surface area (Å²) in [4.78, 5) is 33.1. The second kappa shape index (κ2) is 8.74. The first-order valence-electron chi connectivity index (χ1n) is 10.6. The van der Waals surface area contributed by atoms with E-state index >= 15 is 0 Å². The zero-order valence-corrected chi connectivity index (χ0v) is 20.1. The van der Waals surface area contributed by atoms with Gasteiger partial charge in [0.1, 0.15) is 11.5 Å². The first kappa shape index (κ1) is 21.8. The summed E-state index contributed by atoms with van der Waals surface area (Å²) < 4.78 is 13.4. The van der Waals surface area contributed by atoms with Crippen molar-refractivity contribution in [3.8, 4) is 11.5 Å². The van der Waals surface area contributed by atoms with Gasteiger partial charge in [-0.1, -0.05) is 0 Å². The summed E-state index contributed by atoms with van der Waals surface area (Å²) in [6.07, 6.45) is 2.64. The molecule has 2 amide bonds. The van der Waals surface area contributed by atoms with Crippen molar-refractivity contribution in [2.75, 3.05) is 27.2 Å². The molecule has 33 heavy (non-hydrogen) atoms. The lowest BCUT2D eigenvalue weighted by Gasteiger charge is -2.14. The molecule has 1 saturated heterocycles. The third-order valence-electron chi connectivity index (χ3n) is 5.87. The van der Waals surface area contributed by atoms with Crippen LogP contribution >= 0.6 is 22.7 Å². The van der Waals surface area contributed by atoms with Crippen LogP contribution in [0.3, 0.4) is 0 Å². The van der Waals surface area contributed by atoms with E-state index in [-0.39, 0.29) is 17.9 Å². The quantitative estimate of drug-likeness (QED) is 0.442. The lowest BCUT2D eigenvalue weighted by molar-refractivity contribution is 0.0728. The molecule has 1 fully saturated rings. The van der Waals surface area contributed by atoms with Crippen LogP contribution in [0.4, 0.5) is 0 Å². The van der Waals surface area contributed by atoms with E-state index in [4.69, 9.17) is 9.47 Å². The van der Waals surface area contributed by atoms with Gasteiger partial charge < -0.3 is 19.7 Å². The van der Waals surface area contributed by atoms with Crippen LogP contribution in [0.1, 0.15) is 31.3 Å². The van der Waals surface area contributed by atoms with Crippen molar-refractivity contribution in [2.45, 2.75) is 19.4 Å². The van der Waals surface area contributed by atoms with Gasteiger partial charge in [0, 0.05) is 54.5 Å². The van der Waals surface area contributed by atoms with E-state index in [2.05, 4.69) is 10.3 Å². The molecule has 170 valence electrons. The molecule has 9 heteroatoms.